The van der Waals surface area contributed by atoms with Crippen molar-refractivity contribution in [1.82, 2.24) is 19.0 Å². The van der Waals surface area contributed by atoms with Gasteiger partial charge in [0, 0.05) is 33.0 Å². The van der Waals surface area contributed by atoms with Crippen LogP contribution in [-0.2, 0) is 27.1 Å². The summed E-state index contributed by atoms with van der Waals surface area (Å²) in [7, 11) is 5.17. The number of amides is 2. The van der Waals surface area contributed by atoms with Crippen molar-refractivity contribution in [2.45, 2.75) is 19.9 Å². The zero-order valence-electron chi connectivity index (χ0n) is 15.5. The van der Waals surface area contributed by atoms with E-state index < -0.39 is 0 Å². The first-order chi connectivity index (χ1) is 12.4. The van der Waals surface area contributed by atoms with Crippen molar-refractivity contribution >= 4 is 22.8 Å². The lowest BCUT2D eigenvalue weighted by Crippen LogP contribution is -2.31. The maximum Gasteiger partial charge on any atom is 0.328 e. The van der Waals surface area contributed by atoms with Crippen LogP contribution in [-0.4, -0.2) is 32.1 Å². The Morgan fingerprint density at radius 3 is 2.54 bits per heavy atom. The number of nitrogens with zero attached hydrogens (tertiary/aromatic N) is 4. The zero-order valence-corrected chi connectivity index (χ0v) is 15.5. The predicted molar refractivity (Wildman–Crippen MR) is 102 cm³/mol. The van der Waals surface area contributed by atoms with Crippen molar-refractivity contribution in [1.29, 1.82) is 0 Å². The molecule has 0 bridgehead atoms. The van der Waals surface area contributed by atoms with E-state index in [2.05, 4.69) is 17.2 Å². The second-order valence-electron chi connectivity index (χ2n) is 6.40. The smallest absolute Gasteiger partial charge is 0.322 e. The highest BCUT2D eigenvalue weighted by atomic mass is 16.2. The summed E-state index contributed by atoms with van der Waals surface area (Å²) in [4.78, 5) is 30.4. The van der Waals surface area contributed by atoms with Gasteiger partial charge in [-0.2, -0.15) is 0 Å². The lowest BCUT2D eigenvalue weighted by Gasteiger charge is -2.18. The van der Waals surface area contributed by atoms with Crippen molar-refractivity contribution < 1.29 is 4.79 Å². The van der Waals surface area contributed by atoms with Crippen LogP contribution in [0.15, 0.2) is 41.3 Å². The lowest BCUT2D eigenvalue weighted by molar-refractivity contribution is 0.220. The Labute approximate surface area is 151 Å². The van der Waals surface area contributed by atoms with Gasteiger partial charge in [-0.05, 0) is 36.2 Å². The minimum Gasteiger partial charge on any atom is -0.322 e. The Hall–Kier alpha value is -3.09. The van der Waals surface area contributed by atoms with E-state index >= 15 is 0 Å². The molecule has 3 rings (SSSR count). The summed E-state index contributed by atoms with van der Waals surface area (Å²) in [6, 6.07) is 9.16. The van der Waals surface area contributed by atoms with Gasteiger partial charge in [0.2, 0.25) is 0 Å². The van der Waals surface area contributed by atoms with Gasteiger partial charge in [-0.15, -0.1) is 0 Å². The fraction of sp³-hybridized carbons (Fsp3) is 0.316. The molecule has 26 heavy (non-hydrogen) atoms. The summed E-state index contributed by atoms with van der Waals surface area (Å²) in [6.07, 6.45) is 2.78. The fourth-order valence-corrected chi connectivity index (χ4v) is 2.88. The van der Waals surface area contributed by atoms with Crippen LogP contribution in [0.4, 0.5) is 10.5 Å². The van der Waals surface area contributed by atoms with E-state index in [0.29, 0.717) is 12.2 Å². The number of hydrogen-bond donors (Lipinski definition) is 1. The van der Waals surface area contributed by atoms with E-state index in [1.807, 2.05) is 24.4 Å². The number of carbonyl (C=O) groups is 1. The number of urea groups is 1. The van der Waals surface area contributed by atoms with Crippen molar-refractivity contribution in [3.8, 4) is 0 Å². The minimum atomic E-state index is -0.230. The molecule has 0 aliphatic carbocycles. The van der Waals surface area contributed by atoms with Crippen LogP contribution >= 0.6 is 0 Å². The molecule has 7 heteroatoms. The number of imidazole rings is 1. The number of nitrogens with one attached hydrogen (secondary N) is 1. The van der Waals surface area contributed by atoms with Crippen LogP contribution in [0.1, 0.15) is 18.2 Å². The molecule has 136 valence electrons. The molecule has 0 aliphatic heterocycles. The van der Waals surface area contributed by atoms with Crippen LogP contribution in [0.3, 0.4) is 0 Å². The maximum absolute atomic E-state index is 12.4. The first-order valence-electron chi connectivity index (χ1n) is 8.52. The van der Waals surface area contributed by atoms with Crippen LogP contribution in [0.25, 0.3) is 11.0 Å². The number of rotatable bonds is 4. The molecule has 1 N–H and O–H groups in total. The van der Waals surface area contributed by atoms with Gasteiger partial charge in [0.05, 0.1) is 23.3 Å². The van der Waals surface area contributed by atoms with E-state index in [9.17, 15) is 9.59 Å². The van der Waals surface area contributed by atoms with Gasteiger partial charge in [-0.1, -0.05) is 13.0 Å². The third-order valence-electron chi connectivity index (χ3n) is 4.56. The van der Waals surface area contributed by atoms with Gasteiger partial charge in [-0.3, -0.25) is 14.1 Å². The molecule has 2 heterocycles. The summed E-state index contributed by atoms with van der Waals surface area (Å²) in [5.74, 6) is 0. The highest BCUT2D eigenvalue weighted by molar-refractivity contribution is 5.92. The molecule has 0 radical (unpaired) electrons. The maximum atomic E-state index is 12.4. The number of benzene rings is 1. The Morgan fingerprint density at radius 2 is 1.88 bits per heavy atom. The molecule has 0 saturated carbocycles. The number of aryl methyl sites for hydroxylation is 3. The molecule has 7 nitrogen and oxygen atoms in total. The Bertz CT molecular complexity index is 1000. The molecule has 0 atom stereocenters. The number of pyridine rings is 1. The SMILES string of the molecule is CCc1ccc(CN(C)C(=O)Nc2ccc3c(c2)n(C)c(=O)n3C)nc1. The second-order valence-corrected chi connectivity index (χ2v) is 6.40. The normalized spacial score (nSPS) is 10.9. The van der Waals surface area contributed by atoms with Gasteiger partial charge in [0.15, 0.2) is 0 Å². The van der Waals surface area contributed by atoms with Crippen molar-refractivity contribution in [2.24, 2.45) is 14.1 Å². The molecular weight excluding hydrogens is 330 g/mol. The number of aromatic nitrogens is 3. The van der Waals surface area contributed by atoms with Crippen molar-refractivity contribution in [3.05, 3.63) is 58.3 Å². The quantitative estimate of drug-likeness (QED) is 0.783. The summed E-state index contributed by atoms with van der Waals surface area (Å²) >= 11 is 0. The lowest BCUT2D eigenvalue weighted by atomic mass is 10.2. The molecule has 0 fully saturated rings. The molecular formula is C19H23N5O2. The molecule has 2 aromatic heterocycles. The van der Waals surface area contributed by atoms with E-state index in [-0.39, 0.29) is 11.7 Å². The summed E-state index contributed by atoms with van der Waals surface area (Å²) in [6.45, 7) is 2.50. The standard InChI is InChI=1S/C19H23N5O2/c1-5-13-6-7-15(20-11-13)12-22(2)18(25)21-14-8-9-16-17(10-14)24(4)19(26)23(16)3/h6-11H,5,12H2,1-4H3,(H,21,25). The minimum absolute atomic E-state index is 0.0952. The first-order valence-corrected chi connectivity index (χ1v) is 8.52. The van der Waals surface area contributed by atoms with Crippen molar-refractivity contribution in [3.63, 3.8) is 0 Å². The van der Waals surface area contributed by atoms with Gasteiger partial charge >= 0.3 is 11.7 Å². The molecule has 2 amide bonds. The van der Waals surface area contributed by atoms with Crippen LogP contribution < -0.4 is 11.0 Å². The third-order valence-corrected chi connectivity index (χ3v) is 4.56. The number of fused-ring (bicyclic) bond motifs is 1. The van der Waals surface area contributed by atoms with E-state index in [1.165, 1.54) is 5.56 Å². The Balaban J connectivity index is 1.73. The van der Waals surface area contributed by atoms with E-state index in [4.69, 9.17) is 0 Å². The Morgan fingerprint density at radius 1 is 1.15 bits per heavy atom. The topological polar surface area (TPSA) is 72.2 Å². The van der Waals surface area contributed by atoms with Crippen LogP contribution in [0, 0.1) is 0 Å². The largest absolute Gasteiger partial charge is 0.328 e. The van der Waals surface area contributed by atoms with Gasteiger partial charge in [0.25, 0.3) is 0 Å². The van der Waals surface area contributed by atoms with Crippen LogP contribution in [0.2, 0.25) is 0 Å². The molecule has 0 unspecified atom stereocenters. The molecule has 0 aliphatic rings. The summed E-state index contributed by atoms with van der Waals surface area (Å²) < 4.78 is 3.15. The van der Waals surface area contributed by atoms with E-state index in [0.717, 1.165) is 23.1 Å². The molecule has 0 saturated heterocycles. The van der Waals surface area contributed by atoms with E-state index in [1.54, 1.807) is 47.3 Å². The number of carbonyl (C=O) groups excluding carboxylic acids is 1. The third kappa shape index (κ3) is 3.33. The molecule has 3 aromatic rings. The first kappa shape index (κ1) is 17.7. The zero-order chi connectivity index (χ0) is 18.8. The predicted octanol–water partition coefficient (Wildman–Crippen LogP) is 2.50. The highest BCUT2D eigenvalue weighted by Crippen LogP contribution is 2.18. The van der Waals surface area contributed by atoms with Crippen molar-refractivity contribution in [2.75, 3.05) is 12.4 Å². The molecule has 0 spiro atoms. The average molecular weight is 353 g/mol. The Kier molecular flexibility index (Phi) is 4.79. The highest BCUT2D eigenvalue weighted by Gasteiger charge is 2.12. The second kappa shape index (κ2) is 7.03. The summed E-state index contributed by atoms with van der Waals surface area (Å²) in [5, 5.41) is 2.87. The number of anilines is 1. The fourth-order valence-electron chi connectivity index (χ4n) is 2.88. The number of hydrogen-bond acceptors (Lipinski definition) is 3. The van der Waals surface area contributed by atoms with Gasteiger partial charge in [-0.25, -0.2) is 9.59 Å². The van der Waals surface area contributed by atoms with Gasteiger partial charge < -0.3 is 10.2 Å². The monoisotopic (exact) mass is 353 g/mol. The average Bonchev–Trinajstić information content (AvgIpc) is 2.86. The summed E-state index contributed by atoms with van der Waals surface area (Å²) in [5.41, 5.74) is 4.15. The van der Waals surface area contributed by atoms with Gasteiger partial charge in [0.1, 0.15) is 0 Å². The van der Waals surface area contributed by atoms with Crippen LogP contribution in [0.5, 0.6) is 0 Å². The molecule has 1 aromatic carbocycles.